The van der Waals surface area contributed by atoms with Crippen LogP contribution in [-0.4, -0.2) is 49.4 Å². The molecule has 0 bridgehead atoms. The van der Waals surface area contributed by atoms with Crippen LogP contribution in [0.2, 0.25) is 5.02 Å². The topological polar surface area (TPSA) is 71.2 Å². The second-order valence-electron chi connectivity index (χ2n) is 8.55. The first-order valence-electron chi connectivity index (χ1n) is 11.8. The van der Waals surface area contributed by atoms with Crippen molar-refractivity contribution in [2.45, 2.75) is 32.6 Å². The number of carbonyl (C=O) groups excluding carboxylic acids is 1. The number of nitrogen functional groups attached to an aromatic ring is 1. The van der Waals surface area contributed by atoms with E-state index in [0.29, 0.717) is 22.0 Å². The van der Waals surface area contributed by atoms with E-state index in [-0.39, 0.29) is 0 Å². The number of hydrogen-bond donors (Lipinski definition) is 2. The van der Waals surface area contributed by atoms with Gasteiger partial charge in [-0.05, 0) is 83.2 Å². The summed E-state index contributed by atoms with van der Waals surface area (Å²) in [6.45, 7) is 7.07. The SMILES string of the molecule is CNCCCN1CCCCC1.Cc1ccc(C=O)cc1C#Cc1c(N)ncc2ccc(Cl)cc12. The van der Waals surface area contributed by atoms with Crippen LogP contribution in [0.25, 0.3) is 10.8 Å². The number of piperidine rings is 1. The molecule has 178 valence electrons. The molecule has 0 spiro atoms. The molecular weight excluding hydrogens is 444 g/mol. The molecule has 0 aliphatic carbocycles. The third-order valence-corrected chi connectivity index (χ3v) is 6.19. The second kappa shape index (κ2) is 13.1. The van der Waals surface area contributed by atoms with Gasteiger partial charge in [-0.3, -0.25) is 4.79 Å². The van der Waals surface area contributed by atoms with Gasteiger partial charge in [0.2, 0.25) is 0 Å². The van der Waals surface area contributed by atoms with Crippen molar-refractivity contribution < 1.29 is 4.79 Å². The number of rotatable bonds is 5. The first kappa shape index (κ1) is 25.7. The summed E-state index contributed by atoms with van der Waals surface area (Å²) in [6, 6.07) is 10.9. The first-order chi connectivity index (χ1) is 16.5. The van der Waals surface area contributed by atoms with E-state index in [4.69, 9.17) is 17.3 Å². The number of aryl methyl sites for hydroxylation is 1. The first-order valence-corrected chi connectivity index (χ1v) is 12.2. The van der Waals surface area contributed by atoms with Crippen LogP contribution in [0.15, 0.2) is 42.6 Å². The lowest BCUT2D eigenvalue weighted by Gasteiger charge is -2.26. The van der Waals surface area contributed by atoms with Crippen molar-refractivity contribution in [1.82, 2.24) is 15.2 Å². The Morgan fingerprint density at radius 3 is 2.68 bits per heavy atom. The van der Waals surface area contributed by atoms with Crippen LogP contribution in [0, 0.1) is 18.8 Å². The molecule has 0 amide bonds. The summed E-state index contributed by atoms with van der Waals surface area (Å²) in [5.74, 6) is 6.52. The number of carbonyl (C=O) groups is 1. The van der Waals surface area contributed by atoms with Crippen molar-refractivity contribution >= 4 is 34.5 Å². The number of anilines is 1. The van der Waals surface area contributed by atoms with Gasteiger partial charge in [-0.25, -0.2) is 4.98 Å². The third kappa shape index (κ3) is 7.30. The Kier molecular flexibility index (Phi) is 9.90. The Labute approximate surface area is 207 Å². The summed E-state index contributed by atoms with van der Waals surface area (Å²) in [7, 11) is 2.02. The fraction of sp³-hybridized carbons (Fsp3) is 0.357. The smallest absolute Gasteiger partial charge is 0.150 e. The van der Waals surface area contributed by atoms with Gasteiger partial charge >= 0.3 is 0 Å². The number of benzene rings is 2. The van der Waals surface area contributed by atoms with Crippen LogP contribution < -0.4 is 11.1 Å². The Bertz CT molecular complexity index is 1170. The van der Waals surface area contributed by atoms with Crippen molar-refractivity contribution in [2.75, 3.05) is 39.0 Å². The highest BCUT2D eigenvalue weighted by atomic mass is 35.5. The second-order valence-corrected chi connectivity index (χ2v) is 8.99. The van der Waals surface area contributed by atoms with E-state index in [1.807, 2.05) is 32.2 Å². The molecule has 0 atom stereocenters. The summed E-state index contributed by atoms with van der Waals surface area (Å²) >= 11 is 6.08. The minimum Gasteiger partial charge on any atom is -0.383 e. The maximum atomic E-state index is 10.9. The van der Waals surface area contributed by atoms with Gasteiger partial charge in [-0.2, -0.15) is 0 Å². The molecule has 1 aromatic heterocycles. The lowest BCUT2D eigenvalue weighted by molar-refractivity contribution is 0.112. The number of halogens is 1. The zero-order chi connectivity index (χ0) is 24.3. The van der Waals surface area contributed by atoms with Crippen molar-refractivity contribution in [2.24, 2.45) is 0 Å². The molecule has 4 rings (SSSR count). The third-order valence-electron chi connectivity index (χ3n) is 5.95. The van der Waals surface area contributed by atoms with Gasteiger partial charge in [0.15, 0.2) is 0 Å². The number of pyridine rings is 1. The Morgan fingerprint density at radius 2 is 1.94 bits per heavy atom. The fourth-order valence-corrected chi connectivity index (χ4v) is 4.14. The summed E-state index contributed by atoms with van der Waals surface area (Å²) in [5.41, 5.74) is 8.99. The molecular formula is C28H33ClN4O. The number of nitrogens with zero attached hydrogens (tertiary/aromatic N) is 2. The fourth-order valence-electron chi connectivity index (χ4n) is 3.97. The number of fused-ring (bicyclic) bond motifs is 1. The molecule has 1 aliphatic heterocycles. The predicted molar refractivity (Wildman–Crippen MR) is 143 cm³/mol. The van der Waals surface area contributed by atoms with Gasteiger partial charge in [-0.1, -0.05) is 48.1 Å². The number of nitrogens with one attached hydrogen (secondary N) is 1. The molecule has 0 unspecified atom stereocenters. The maximum absolute atomic E-state index is 10.9. The normalized spacial score (nSPS) is 13.5. The molecule has 5 nitrogen and oxygen atoms in total. The van der Waals surface area contributed by atoms with Crippen molar-refractivity contribution in [3.05, 3.63) is 69.9 Å². The summed E-state index contributed by atoms with van der Waals surface area (Å²) < 4.78 is 0. The van der Waals surface area contributed by atoms with Crippen LogP contribution in [0.5, 0.6) is 0 Å². The summed E-state index contributed by atoms with van der Waals surface area (Å²) in [4.78, 5) is 17.7. The number of aromatic nitrogens is 1. The van der Waals surface area contributed by atoms with Crippen LogP contribution in [0.3, 0.4) is 0 Å². The van der Waals surface area contributed by atoms with Gasteiger partial charge in [0.25, 0.3) is 0 Å². The van der Waals surface area contributed by atoms with Crippen molar-refractivity contribution in [3.8, 4) is 11.8 Å². The Hall–Kier alpha value is -2.91. The van der Waals surface area contributed by atoms with Crippen LogP contribution in [0.4, 0.5) is 5.82 Å². The van der Waals surface area contributed by atoms with Crippen LogP contribution in [0.1, 0.15) is 52.7 Å². The quantitative estimate of drug-likeness (QED) is 0.305. The zero-order valence-corrected chi connectivity index (χ0v) is 20.8. The zero-order valence-electron chi connectivity index (χ0n) is 20.0. The van der Waals surface area contributed by atoms with Gasteiger partial charge in [-0.15, -0.1) is 0 Å². The standard InChI is InChI=1S/C19H13ClN2O.C9H20N2/c1-12-2-3-13(11-23)8-14(12)5-7-17-18-9-16(20)6-4-15(18)10-22-19(17)21;1-10-6-5-9-11-7-3-2-4-8-11/h2-4,6,8-11H,1H3,(H2,21,22);10H,2-9H2,1H3. The van der Waals surface area contributed by atoms with Crippen LogP contribution in [-0.2, 0) is 0 Å². The molecule has 1 fully saturated rings. The van der Waals surface area contributed by atoms with E-state index in [9.17, 15) is 4.79 Å². The minimum absolute atomic E-state index is 0.358. The van der Waals surface area contributed by atoms with Gasteiger partial charge in [0.1, 0.15) is 12.1 Å². The van der Waals surface area contributed by atoms with E-state index < -0.39 is 0 Å². The molecule has 0 radical (unpaired) electrons. The van der Waals surface area contributed by atoms with Gasteiger partial charge in [0.05, 0.1) is 5.56 Å². The Balaban J connectivity index is 0.000000248. The molecule has 3 aromatic rings. The molecule has 34 heavy (non-hydrogen) atoms. The number of likely N-dealkylation sites (tertiary alicyclic amines) is 1. The molecule has 2 heterocycles. The molecule has 0 saturated carbocycles. The maximum Gasteiger partial charge on any atom is 0.150 e. The predicted octanol–water partition coefficient (Wildman–Crippen LogP) is 5.07. The van der Waals surface area contributed by atoms with E-state index >= 15 is 0 Å². The molecule has 3 N–H and O–H groups in total. The van der Waals surface area contributed by atoms with E-state index in [1.54, 1.807) is 24.4 Å². The average Bonchev–Trinajstić information content (AvgIpc) is 2.85. The van der Waals surface area contributed by atoms with Crippen molar-refractivity contribution in [3.63, 3.8) is 0 Å². The summed E-state index contributed by atoms with van der Waals surface area (Å²) in [5, 5.41) is 5.58. The van der Waals surface area contributed by atoms with E-state index in [1.165, 1.54) is 45.3 Å². The number of nitrogens with two attached hydrogens (primary N) is 1. The number of hydrogen-bond acceptors (Lipinski definition) is 5. The van der Waals surface area contributed by atoms with Crippen molar-refractivity contribution in [1.29, 1.82) is 0 Å². The van der Waals surface area contributed by atoms with E-state index in [2.05, 4.69) is 27.0 Å². The molecule has 1 saturated heterocycles. The highest BCUT2D eigenvalue weighted by Crippen LogP contribution is 2.25. The molecule has 1 aliphatic rings. The highest BCUT2D eigenvalue weighted by Gasteiger charge is 2.08. The monoisotopic (exact) mass is 476 g/mol. The molecule has 2 aromatic carbocycles. The highest BCUT2D eigenvalue weighted by molar-refractivity contribution is 6.31. The van der Waals surface area contributed by atoms with E-state index in [0.717, 1.165) is 34.7 Å². The van der Waals surface area contributed by atoms with Gasteiger partial charge < -0.3 is 16.0 Å². The van der Waals surface area contributed by atoms with Crippen LogP contribution >= 0.6 is 11.6 Å². The summed E-state index contributed by atoms with van der Waals surface area (Å²) in [6.07, 6.45) is 8.08. The van der Waals surface area contributed by atoms with Gasteiger partial charge in [0, 0.05) is 33.1 Å². The molecule has 6 heteroatoms. The Morgan fingerprint density at radius 1 is 1.15 bits per heavy atom. The lowest BCUT2D eigenvalue weighted by atomic mass is 10.0. The minimum atomic E-state index is 0.358. The average molecular weight is 477 g/mol. The largest absolute Gasteiger partial charge is 0.383 e. The lowest BCUT2D eigenvalue weighted by Crippen LogP contribution is -2.31. The number of aldehydes is 1.